The van der Waals surface area contributed by atoms with E-state index in [2.05, 4.69) is 0 Å². The highest BCUT2D eigenvalue weighted by Gasteiger charge is 2.46. The topological polar surface area (TPSA) is 84.0 Å². The number of benzene rings is 1. The van der Waals surface area contributed by atoms with Crippen LogP contribution in [0.15, 0.2) is 23.1 Å². The summed E-state index contributed by atoms with van der Waals surface area (Å²) in [7, 11) is -2.66. The van der Waals surface area contributed by atoms with Gasteiger partial charge in [0.25, 0.3) is 5.24 Å². The van der Waals surface area contributed by atoms with Crippen molar-refractivity contribution in [3.05, 3.63) is 24.0 Å². The number of carbonyl (C=O) groups excluding carboxylic acids is 2. The maximum absolute atomic E-state index is 13.4. The maximum atomic E-state index is 13.4. The fourth-order valence-electron chi connectivity index (χ4n) is 2.48. The molecule has 2 fully saturated rings. The monoisotopic (exact) mass is 360 g/mol. The Bertz CT molecular complexity index is 761. The number of carbonyl (C=O) groups is 2. The number of methoxy groups -OCH3 is 1. The van der Waals surface area contributed by atoms with Crippen molar-refractivity contribution < 1.29 is 27.1 Å². The Labute approximate surface area is 136 Å². The molecule has 0 aromatic heterocycles. The molecular formula is C13H13FN2O5S2. The number of nitrogens with zero attached hydrogens (tertiary/aromatic N) is 2. The highest BCUT2D eigenvalue weighted by atomic mass is 32.2. The first-order valence-electron chi connectivity index (χ1n) is 6.67. The van der Waals surface area contributed by atoms with E-state index in [1.54, 1.807) is 0 Å². The van der Waals surface area contributed by atoms with E-state index in [4.69, 9.17) is 4.74 Å². The summed E-state index contributed by atoms with van der Waals surface area (Å²) < 4.78 is 44.6. The third kappa shape index (κ3) is 2.70. The van der Waals surface area contributed by atoms with Gasteiger partial charge in [-0.25, -0.2) is 12.8 Å². The predicted molar refractivity (Wildman–Crippen MR) is 80.2 cm³/mol. The summed E-state index contributed by atoms with van der Waals surface area (Å²) in [6.45, 7) is 0.0000813. The number of sulfonamides is 1. The van der Waals surface area contributed by atoms with Gasteiger partial charge in [-0.1, -0.05) is 11.8 Å². The van der Waals surface area contributed by atoms with Crippen molar-refractivity contribution in [2.75, 3.05) is 26.0 Å². The lowest BCUT2D eigenvalue weighted by molar-refractivity contribution is -0.127. The first kappa shape index (κ1) is 16.2. The summed E-state index contributed by atoms with van der Waals surface area (Å²) in [5.74, 6) is -0.883. The number of thioether (sulfide) groups is 1. The number of imide groups is 1. The SMILES string of the molecule is COc1ccc(F)cc1S(=O)(=O)N1CC(N2C(=O)CSC2=O)C1. The standard InChI is InChI=1S/C13H13FN2O5S2/c1-21-10-3-2-8(14)4-11(10)23(19,20)15-5-9(6-15)16-12(17)7-22-13(16)18/h2-4,9H,5-7H2,1H3. The van der Waals surface area contributed by atoms with Crippen LogP contribution in [-0.4, -0.2) is 60.8 Å². The zero-order chi connectivity index (χ0) is 16.8. The van der Waals surface area contributed by atoms with E-state index in [1.807, 2.05) is 0 Å². The Kier molecular flexibility index (Phi) is 4.07. The molecule has 124 valence electrons. The molecule has 10 heteroatoms. The smallest absolute Gasteiger partial charge is 0.289 e. The normalized spacial score (nSPS) is 20.0. The molecule has 3 rings (SSSR count). The molecule has 2 aliphatic rings. The van der Waals surface area contributed by atoms with Crippen LogP contribution in [0.1, 0.15) is 0 Å². The summed E-state index contributed by atoms with van der Waals surface area (Å²) in [6, 6.07) is 2.77. The molecule has 0 N–H and O–H groups in total. The van der Waals surface area contributed by atoms with Crippen molar-refractivity contribution in [2.24, 2.45) is 0 Å². The van der Waals surface area contributed by atoms with Crippen LogP contribution < -0.4 is 4.74 Å². The van der Waals surface area contributed by atoms with Gasteiger partial charge in [-0.15, -0.1) is 0 Å². The number of amides is 2. The lowest BCUT2D eigenvalue weighted by atomic mass is 10.1. The Balaban J connectivity index is 1.80. The number of rotatable bonds is 4. The Hall–Kier alpha value is -1.65. The third-order valence-corrected chi connectivity index (χ3v) is 6.41. The lowest BCUT2D eigenvalue weighted by Gasteiger charge is -2.41. The molecule has 2 saturated heterocycles. The van der Waals surface area contributed by atoms with E-state index in [1.165, 1.54) is 13.2 Å². The van der Waals surface area contributed by atoms with Crippen LogP contribution >= 0.6 is 11.8 Å². The minimum atomic E-state index is -3.95. The quantitative estimate of drug-likeness (QED) is 0.793. The number of halogens is 1. The average molecular weight is 360 g/mol. The van der Waals surface area contributed by atoms with Crippen molar-refractivity contribution in [2.45, 2.75) is 10.9 Å². The molecule has 1 aromatic carbocycles. The van der Waals surface area contributed by atoms with E-state index in [0.717, 1.165) is 33.1 Å². The molecule has 0 radical (unpaired) electrons. The van der Waals surface area contributed by atoms with E-state index < -0.39 is 21.9 Å². The fourth-order valence-corrected chi connectivity index (χ4v) is 4.94. The minimum absolute atomic E-state index is 0.0000406. The molecule has 23 heavy (non-hydrogen) atoms. The van der Waals surface area contributed by atoms with Gasteiger partial charge < -0.3 is 4.74 Å². The lowest BCUT2D eigenvalue weighted by Crippen LogP contribution is -2.61. The van der Waals surface area contributed by atoms with Gasteiger partial charge in [-0.2, -0.15) is 4.31 Å². The summed E-state index contributed by atoms with van der Waals surface area (Å²) in [5.41, 5.74) is 0. The average Bonchev–Trinajstić information content (AvgIpc) is 2.78. The molecule has 0 atom stereocenters. The highest BCUT2D eigenvalue weighted by Crippen LogP contribution is 2.33. The van der Waals surface area contributed by atoms with Crippen molar-refractivity contribution in [3.63, 3.8) is 0 Å². The van der Waals surface area contributed by atoms with Crippen LogP contribution in [0, 0.1) is 5.82 Å². The first-order chi connectivity index (χ1) is 10.8. The molecule has 2 heterocycles. The summed E-state index contributed by atoms with van der Waals surface area (Å²) in [4.78, 5) is 24.1. The van der Waals surface area contributed by atoms with Crippen molar-refractivity contribution in [3.8, 4) is 5.75 Å². The van der Waals surface area contributed by atoms with E-state index in [0.29, 0.717) is 0 Å². The molecule has 1 aromatic rings. The summed E-state index contributed by atoms with van der Waals surface area (Å²) in [5, 5.41) is -0.361. The van der Waals surface area contributed by atoms with Gasteiger partial charge in [-0.3, -0.25) is 14.5 Å². The zero-order valence-electron chi connectivity index (χ0n) is 12.1. The van der Waals surface area contributed by atoms with Crippen LogP contribution in [0.3, 0.4) is 0 Å². The highest BCUT2D eigenvalue weighted by molar-refractivity contribution is 8.14. The predicted octanol–water partition coefficient (Wildman–Crippen LogP) is 0.903. The van der Waals surface area contributed by atoms with Crippen LogP contribution in [0.5, 0.6) is 5.75 Å². The van der Waals surface area contributed by atoms with Crippen LogP contribution in [0.4, 0.5) is 9.18 Å². The Morgan fingerprint density at radius 1 is 1.30 bits per heavy atom. The van der Waals surface area contributed by atoms with Gasteiger partial charge in [0, 0.05) is 13.1 Å². The van der Waals surface area contributed by atoms with E-state index >= 15 is 0 Å². The molecule has 0 bridgehead atoms. The van der Waals surface area contributed by atoms with E-state index in [9.17, 15) is 22.4 Å². The third-order valence-electron chi connectivity index (χ3n) is 3.72. The van der Waals surface area contributed by atoms with E-state index in [-0.39, 0.29) is 40.6 Å². The largest absolute Gasteiger partial charge is 0.495 e. The van der Waals surface area contributed by atoms with Gasteiger partial charge in [0.2, 0.25) is 15.9 Å². The Morgan fingerprint density at radius 2 is 2.00 bits per heavy atom. The van der Waals surface area contributed by atoms with Gasteiger partial charge in [0.1, 0.15) is 16.5 Å². The molecule has 0 saturated carbocycles. The zero-order valence-corrected chi connectivity index (χ0v) is 13.7. The van der Waals surface area contributed by atoms with Crippen molar-refractivity contribution in [1.82, 2.24) is 9.21 Å². The maximum Gasteiger partial charge on any atom is 0.289 e. The summed E-state index contributed by atoms with van der Waals surface area (Å²) >= 11 is 0.904. The summed E-state index contributed by atoms with van der Waals surface area (Å²) in [6.07, 6.45) is 0. The molecule has 2 aliphatic heterocycles. The second-order valence-corrected chi connectivity index (χ2v) is 7.92. The van der Waals surface area contributed by atoms with Crippen LogP contribution in [0.2, 0.25) is 0 Å². The number of ether oxygens (including phenoxy) is 1. The molecule has 7 nitrogen and oxygen atoms in total. The molecule has 0 aliphatic carbocycles. The van der Waals surface area contributed by atoms with Gasteiger partial charge >= 0.3 is 0 Å². The van der Waals surface area contributed by atoms with Gasteiger partial charge in [0.05, 0.1) is 18.9 Å². The second-order valence-electron chi connectivity index (χ2n) is 5.09. The molecular weight excluding hydrogens is 347 g/mol. The Morgan fingerprint density at radius 3 is 2.57 bits per heavy atom. The second kappa shape index (κ2) is 5.77. The first-order valence-corrected chi connectivity index (χ1v) is 9.09. The van der Waals surface area contributed by atoms with Crippen LogP contribution in [-0.2, 0) is 14.8 Å². The molecule has 0 spiro atoms. The number of hydrogen-bond acceptors (Lipinski definition) is 6. The van der Waals surface area contributed by atoms with Crippen molar-refractivity contribution in [1.29, 1.82) is 0 Å². The van der Waals surface area contributed by atoms with Gasteiger partial charge in [0.15, 0.2) is 0 Å². The van der Waals surface area contributed by atoms with Gasteiger partial charge in [-0.05, 0) is 18.2 Å². The number of hydrogen-bond donors (Lipinski definition) is 0. The molecule has 2 amide bonds. The van der Waals surface area contributed by atoms with Crippen LogP contribution in [0.25, 0.3) is 0 Å². The minimum Gasteiger partial charge on any atom is -0.495 e. The van der Waals surface area contributed by atoms with Crippen molar-refractivity contribution >= 4 is 32.9 Å². The fraction of sp³-hybridized carbons (Fsp3) is 0.385. The molecule has 0 unspecified atom stereocenters.